The average Bonchev–Trinajstić information content (AvgIpc) is 2.34. The Morgan fingerprint density at radius 1 is 1.53 bits per heavy atom. The van der Waals surface area contributed by atoms with Crippen molar-refractivity contribution in [1.29, 1.82) is 0 Å². The van der Waals surface area contributed by atoms with Gasteiger partial charge in [-0.2, -0.15) is 0 Å². The third-order valence-corrected chi connectivity index (χ3v) is 3.02. The molecule has 0 aliphatic rings. The predicted octanol–water partition coefficient (Wildman–Crippen LogP) is 0.622. The molecule has 0 aliphatic carbocycles. The van der Waals surface area contributed by atoms with E-state index >= 15 is 0 Å². The van der Waals surface area contributed by atoms with Gasteiger partial charge in [-0.1, -0.05) is 0 Å². The molecule has 0 bridgehead atoms. The van der Waals surface area contributed by atoms with E-state index in [0.717, 1.165) is 18.7 Å². The number of anilines is 1. The summed E-state index contributed by atoms with van der Waals surface area (Å²) in [6.45, 7) is 0.733. The minimum absolute atomic E-state index is 0.205. The van der Waals surface area contributed by atoms with Crippen LogP contribution in [0.15, 0.2) is 18.3 Å². The maximum atomic E-state index is 11.3. The molecule has 0 radical (unpaired) electrons. The number of hydrogen-bond donors (Lipinski definition) is 2. The second-order valence-corrected chi connectivity index (χ2v) is 5.12. The van der Waals surface area contributed by atoms with Gasteiger partial charge in [0.15, 0.2) is 0 Å². The van der Waals surface area contributed by atoms with E-state index in [9.17, 15) is 9.00 Å². The number of aromatic nitrogens is 1. The van der Waals surface area contributed by atoms with Crippen molar-refractivity contribution >= 4 is 22.4 Å². The highest BCUT2D eigenvalue weighted by molar-refractivity contribution is 7.84. The Morgan fingerprint density at radius 3 is 2.94 bits per heavy atom. The van der Waals surface area contributed by atoms with Gasteiger partial charge in [0, 0.05) is 48.3 Å². The van der Waals surface area contributed by atoms with Crippen LogP contribution in [0.4, 0.5) is 5.69 Å². The first-order chi connectivity index (χ1) is 8.13. The summed E-state index contributed by atoms with van der Waals surface area (Å²) in [5, 5.41) is 5.69. The molecule has 0 saturated carbocycles. The Labute approximate surface area is 103 Å². The zero-order valence-corrected chi connectivity index (χ0v) is 10.8. The summed E-state index contributed by atoms with van der Waals surface area (Å²) in [7, 11) is 0.817. The molecule has 1 amide bonds. The zero-order chi connectivity index (χ0) is 12.7. The van der Waals surface area contributed by atoms with Crippen LogP contribution in [0.3, 0.4) is 0 Å². The number of carbonyl (C=O) groups is 1. The first-order valence-electron chi connectivity index (χ1n) is 5.35. The normalized spacial score (nSPS) is 11.9. The second-order valence-electron chi connectivity index (χ2n) is 3.57. The van der Waals surface area contributed by atoms with Crippen molar-refractivity contribution in [2.24, 2.45) is 0 Å². The van der Waals surface area contributed by atoms with Crippen molar-refractivity contribution in [3.05, 3.63) is 24.0 Å². The van der Waals surface area contributed by atoms with Gasteiger partial charge in [-0.05, 0) is 18.6 Å². The average molecular weight is 255 g/mol. The van der Waals surface area contributed by atoms with Crippen LogP contribution < -0.4 is 10.6 Å². The summed E-state index contributed by atoms with van der Waals surface area (Å²) < 4.78 is 10.9. The van der Waals surface area contributed by atoms with Crippen molar-refractivity contribution < 1.29 is 9.00 Å². The van der Waals surface area contributed by atoms with Crippen molar-refractivity contribution in [1.82, 2.24) is 10.3 Å². The smallest absolute Gasteiger partial charge is 0.269 e. The van der Waals surface area contributed by atoms with Crippen LogP contribution in [0.2, 0.25) is 0 Å². The highest BCUT2D eigenvalue weighted by atomic mass is 32.2. The van der Waals surface area contributed by atoms with Crippen LogP contribution in [0, 0.1) is 0 Å². The van der Waals surface area contributed by atoms with E-state index in [2.05, 4.69) is 15.6 Å². The van der Waals surface area contributed by atoms with Crippen LogP contribution in [0.5, 0.6) is 0 Å². The highest BCUT2D eigenvalue weighted by Crippen LogP contribution is 2.07. The molecule has 0 aromatic carbocycles. The fraction of sp³-hybridized carbons (Fsp3) is 0.455. The number of carbonyl (C=O) groups excluding carboxylic acids is 1. The van der Waals surface area contributed by atoms with Crippen molar-refractivity contribution in [2.75, 3.05) is 30.9 Å². The maximum Gasteiger partial charge on any atom is 0.269 e. The summed E-state index contributed by atoms with van der Waals surface area (Å²) in [5.74, 6) is 0.476. The lowest BCUT2D eigenvalue weighted by molar-refractivity contribution is 0.0958. The summed E-state index contributed by atoms with van der Waals surface area (Å²) in [5.41, 5.74) is 1.23. The largest absolute Gasteiger partial charge is 0.385 e. The third kappa shape index (κ3) is 4.95. The Balaban J connectivity index is 2.48. The topological polar surface area (TPSA) is 71.1 Å². The van der Waals surface area contributed by atoms with Crippen LogP contribution in [-0.2, 0) is 10.8 Å². The molecule has 1 aromatic heterocycles. The number of rotatable bonds is 6. The van der Waals surface area contributed by atoms with Gasteiger partial charge in [0.2, 0.25) is 0 Å². The van der Waals surface area contributed by atoms with E-state index in [0.29, 0.717) is 11.4 Å². The molecule has 5 nitrogen and oxygen atoms in total. The molecule has 0 aliphatic heterocycles. The lowest BCUT2D eigenvalue weighted by Gasteiger charge is -2.06. The molecule has 1 heterocycles. The molecular weight excluding hydrogens is 238 g/mol. The highest BCUT2D eigenvalue weighted by Gasteiger charge is 2.04. The van der Waals surface area contributed by atoms with E-state index in [-0.39, 0.29) is 5.91 Å². The number of nitrogens with zero attached hydrogens (tertiary/aromatic N) is 1. The van der Waals surface area contributed by atoms with E-state index in [1.807, 2.05) is 0 Å². The number of nitrogens with one attached hydrogen (secondary N) is 2. The minimum atomic E-state index is -0.753. The Bertz CT molecular complexity index is 409. The first kappa shape index (κ1) is 13.6. The minimum Gasteiger partial charge on any atom is -0.385 e. The van der Waals surface area contributed by atoms with E-state index < -0.39 is 10.8 Å². The fourth-order valence-corrected chi connectivity index (χ4v) is 1.85. The van der Waals surface area contributed by atoms with Gasteiger partial charge in [-0.25, -0.2) is 0 Å². The maximum absolute atomic E-state index is 11.3. The van der Waals surface area contributed by atoms with E-state index in [1.54, 1.807) is 31.6 Å². The summed E-state index contributed by atoms with van der Waals surface area (Å²) in [6.07, 6.45) is 4.11. The lowest BCUT2D eigenvalue weighted by Crippen LogP contribution is -2.19. The molecule has 1 atom stereocenters. The number of pyridine rings is 1. The monoisotopic (exact) mass is 255 g/mol. The zero-order valence-electron chi connectivity index (χ0n) is 10.0. The van der Waals surface area contributed by atoms with Crippen molar-refractivity contribution in [3.63, 3.8) is 0 Å². The summed E-state index contributed by atoms with van der Waals surface area (Å²) in [6, 6.07) is 3.50. The Morgan fingerprint density at radius 2 is 2.29 bits per heavy atom. The quantitative estimate of drug-likeness (QED) is 0.731. The predicted molar refractivity (Wildman–Crippen MR) is 69.7 cm³/mol. The van der Waals surface area contributed by atoms with Gasteiger partial charge in [-0.3, -0.25) is 14.0 Å². The molecule has 1 unspecified atom stereocenters. The van der Waals surface area contributed by atoms with Gasteiger partial charge in [0.05, 0.1) is 0 Å². The molecule has 0 spiro atoms. The molecule has 0 fully saturated rings. The van der Waals surface area contributed by atoms with Crippen LogP contribution in [-0.4, -0.2) is 40.7 Å². The van der Waals surface area contributed by atoms with E-state index in [1.165, 1.54) is 0 Å². The fourth-order valence-electron chi connectivity index (χ4n) is 1.30. The molecule has 1 rings (SSSR count). The van der Waals surface area contributed by atoms with Crippen molar-refractivity contribution in [3.8, 4) is 0 Å². The molecule has 6 heteroatoms. The van der Waals surface area contributed by atoms with Crippen molar-refractivity contribution in [2.45, 2.75) is 6.42 Å². The molecule has 1 aromatic rings. The van der Waals surface area contributed by atoms with Crippen LogP contribution in [0.1, 0.15) is 16.9 Å². The van der Waals surface area contributed by atoms with Crippen LogP contribution in [0.25, 0.3) is 0 Å². The van der Waals surface area contributed by atoms with E-state index in [4.69, 9.17) is 0 Å². The summed E-state index contributed by atoms with van der Waals surface area (Å²) >= 11 is 0. The standard InChI is InChI=1S/C11H17N3O2S/c1-12-11(15)10-8-9(4-6-14-10)13-5-3-7-17(2)16/h4,6,8H,3,5,7H2,1-2H3,(H,12,15)(H,13,14). The lowest BCUT2D eigenvalue weighted by atomic mass is 10.3. The Hall–Kier alpha value is -1.43. The number of hydrogen-bond acceptors (Lipinski definition) is 4. The second kappa shape index (κ2) is 7.01. The summed E-state index contributed by atoms with van der Waals surface area (Å²) in [4.78, 5) is 15.3. The molecular formula is C11H17N3O2S. The Kier molecular flexibility index (Phi) is 5.62. The van der Waals surface area contributed by atoms with Gasteiger partial charge < -0.3 is 10.6 Å². The van der Waals surface area contributed by atoms with Gasteiger partial charge in [-0.15, -0.1) is 0 Å². The van der Waals surface area contributed by atoms with Gasteiger partial charge in [0.25, 0.3) is 5.91 Å². The number of amides is 1. The van der Waals surface area contributed by atoms with Gasteiger partial charge >= 0.3 is 0 Å². The SMILES string of the molecule is CNC(=O)c1cc(NCCCS(C)=O)ccn1. The first-order valence-corrected chi connectivity index (χ1v) is 7.08. The van der Waals surface area contributed by atoms with Gasteiger partial charge in [0.1, 0.15) is 5.69 Å². The third-order valence-electron chi connectivity index (χ3n) is 2.16. The molecule has 2 N–H and O–H groups in total. The molecule has 0 saturated heterocycles. The molecule has 17 heavy (non-hydrogen) atoms. The van der Waals surface area contributed by atoms with Crippen LogP contribution >= 0.6 is 0 Å². The molecule has 94 valence electrons.